The first-order valence-electron chi connectivity index (χ1n) is 10.7. The molecule has 0 unspecified atom stereocenters. The summed E-state index contributed by atoms with van der Waals surface area (Å²) >= 11 is 6.42. The van der Waals surface area contributed by atoms with Crippen LogP contribution in [0.15, 0.2) is 42.6 Å². The molecule has 6 nitrogen and oxygen atoms in total. The Balaban J connectivity index is 1.56. The van der Waals surface area contributed by atoms with Crippen LogP contribution in [0.25, 0.3) is 10.9 Å². The molecule has 32 heavy (non-hydrogen) atoms. The molecule has 0 amide bonds. The third kappa shape index (κ3) is 3.83. The number of halogens is 2. The Hall–Kier alpha value is -2.00. The third-order valence-corrected chi connectivity index (χ3v) is 6.79. The summed E-state index contributed by atoms with van der Waals surface area (Å²) in [7, 11) is 0. The molecule has 1 saturated carbocycles. The van der Waals surface area contributed by atoms with Crippen LogP contribution in [0.2, 0.25) is 5.02 Å². The zero-order chi connectivity index (χ0) is 22.6. The van der Waals surface area contributed by atoms with E-state index in [-0.39, 0.29) is 5.02 Å². The first-order valence-corrected chi connectivity index (χ1v) is 11.1. The monoisotopic (exact) mass is 461 g/mol. The van der Waals surface area contributed by atoms with Gasteiger partial charge in [-0.15, -0.1) is 0 Å². The van der Waals surface area contributed by atoms with Crippen molar-refractivity contribution in [3.05, 3.63) is 70.1 Å². The molecule has 5 atom stereocenters. The molecular formula is C24H25ClFNO5. The first-order chi connectivity index (χ1) is 15.4. The van der Waals surface area contributed by atoms with E-state index in [9.17, 15) is 24.8 Å². The van der Waals surface area contributed by atoms with E-state index < -0.39 is 43.1 Å². The van der Waals surface area contributed by atoms with Gasteiger partial charge in [0.1, 0.15) is 30.2 Å². The number of aromatic nitrogens is 1. The fourth-order valence-electron chi connectivity index (χ4n) is 4.58. The Kier molecular flexibility index (Phi) is 5.73. The van der Waals surface area contributed by atoms with E-state index in [2.05, 4.69) is 24.3 Å². The Morgan fingerprint density at radius 1 is 1.03 bits per heavy atom. The number of rotatable bonds is 5. The molecule has 0 radical (unpaired) electrons. The lowest BCUT2D eigenvalue weighted by atomic mass is 9.98. The summed E-state index contributed by atoms with van der Waals surface area (Å²) in [5, 5.41) is 41.3. The average Bonchev–Trinajstić information content (AvgIpc) is 3.56. The number of aliphatic hydroxyl groups excluding tert-OH is 4. The fourth-order valence-corrected chi connectivity index (χ4v) is 4.91. The lowest BCUT2D eigenvalue weighted by Gasteiger charge is -2.40. The second kappa shape index (κ2) is 8.41. The van der Waals surface area contributed by atoms with Gasteiger partial charge in [0.15, 0.2) is 6.23 Å². The number of aliphatic hydroxyl groups is 4. The second-order valence-corrected chi connectivity index (χ2v) is 9.16. The van der Waals surface area contributed by atoms with E-state index in [0.717, 1.165) is 11.1 Å². The van der Waals surface area contributed by atoms with E-state index in [1.54, 1.807) is 6.20 Å². The van der Waals surface area contributed by atoms with Gasteiger partial charge in [0.05, 0.1) is 17.1 Å². The molecule has 5 rings (SSSR count). The minimum atomic E-state index is -1.54. The van der Waals surface area contributed by atoms with Gasteiger partial charge in [0.2, 0.25) is 0 Å². The fraction of sp³-hybridized carbons (Fsp3) is 0.417. The molecule has 2 heterocycles. The van der Waals surface area contributed by atoms with Crippen LogP contribution in [-0.4, -0.2) is 56.0 Å². The summed E-state index contributed by atoms with van der Waals surface area (Å²) < 4.78 is 21.5. The smallest absolute Gasteiger partial charge is 0.163 e. The molecule has 2 fully saturated rings. The van der Waals surface area contributed by atoms with Gasteiger partial charge in [-0.1, -0.05) is 35.9 Å². The van der Waals surface area contributed by atoms with Crippen LogP contribution in [0.3, 0.4) is 0 Å². The Morgan fingerprint density at radius 3 is 2.41 bits per heavy atom. The average molecular weight is 462 g/mol. The molecule has 3 aromatic rings. The van der Waals surface area contributed by atoms with Crippen molar-refractivity contribution in [1.82, 2.24) is 4.57 Å². The van der Waals surface area contributed by atoms with Crippen LogP contribution < -0.4 is 0 Å². The topological polar surface area (TPSA) is 95.1 Å². The second-order valence-electron chi connectivity index (χ2n) is 8.76. The van der Waals surface area contributed by atoms with Crippen LogP contribution in [0.1, 0.15) is 41.7 Å². The van der Waals surface area contributed by atoms with E-state index in [1.807, 2.05) is 0 Å². The van der Waals surface area contributed by atoms with E-state index in [4.69, 9.17) is 16.3 Å². The van der Waals surface area contributed by atoms with Gasteiger partial charge in [-0.2, -0.15) is 0 Å². The maximum Gasteiger partial charge on any atom is 0.163 e. The number of hydrogen-bond acceptors (Lipinski definition) is 5. The predicted octanol–water partition coefficient (Wildman–Crippen LogP) is 2.87. The lowest BCUT2D eigenvalue weighted by molar-refractivity contribution is -0.250. The van der Waals surface area contributed by atoms with Crippen molar-refractivity contribution >= 4 is 22.5 Å². The van der Waals surface area contributed by atoms with Gasteiger partial charge in [-0.25, -0.2) is 4.39 Å². The molecule has 0 bridgehead atoms. The van der Waals surface area contributed by atoms with Crippen LogP contribution in [0, 0.1) is 5.82 Å². The van der Waals surface area contributed by atoms with Crippen LogP contribution >= 0.6 is 11.6 Å². The van der Waals surface area contributed by atoms with E-state index in [0.29, 0.717) is 23.2 Å². The molecule has 0 spiro atoms. The van der Waals surface area contributed by atoms with Crippen LogP contribution in [0.5, 0.6) is 0 Å². The number of nitrogens with zero attached hydrogens (tertiary/aromatic N) is 1. The van der Waals surface area contributed by atoms with Crippen molar-refractivity contribution in [2.75, 3.05) is 6.61 Å². The van der Waals surface area contributed by atoms with Gasteiger partial charge in [0.25, 0.3) is 0 Å². The van der Waals surface area contributed by atoms with Crippen LogP contribution in [0.4, 0.5) is 4.39 Å². The molecule has 1 aliphatic carbocycles. The minimum Gasteiger partial charge on any atom is -0.394 e. The van der Waals surface area contributed by atoms with Crippen molar-refractivity contribution in [2.45, 2.75) is 55.8 Å². The van der Waals surface area contributed by atoms with Gasteiger partial charge < -0.3 is 29.7 Å². The molecule has 1 aliphatic heterocycles. The van der Waals surface area contributed by atoms with Gasteiger partial charge in [0, 0.05) is 11.6 Å². The molecular weight excluding hydrogens is 437 g/mol. The maximum absolute atomic E-state index is 14.3. The van der Waals surface area contributed by atoms with E-state index in [1.165, 1.54) is 35.1 Å². The highest BCUT2D eigenvalue weighted by Crippen LogP contribution is 2.40. The summed E-state index contributed by atoms with van der Waals surface area (Å²) in [6.07, 6.45) is -2.01. The van der Waals surface area contributed by atoms with Crippen LogP contribution in [-0.2, 0) is 11.2 Å². The third-order valence-electron chi connectivity index (χ3n) is 6.49. The highest BCUT2D eigenvalue weighted by Gasteiger charge is 2.44. The quantitative estimate of drug-likeness (QED) is 0.468. The Labute approximate surface area is 189 Å². The van der Waals surface area contributed by atoms with Gasteiger partial charge in [-0.3, -0.25) is 0 Å². The normalized spacial score (nSPS) is 28.4. The summed E-state index contributed by atoms with van der Waals surface area (Å²) in [5.41, 5.74) is 3.59. The predicted molar refractivity (Wildman–Crippen MR) is 117 cm³/mol. The number of ether oxygens (including phenoxy) is 1. The molecule has 1 aromatic heterocycles. The SMILES string of the molecule is OC[C@H]1O[C@@H](n2cc(Cc3ccc(C4CC4)cc3)c3c(Cl)cc(F)cc32)[C@H](O)[C@@H](O)[C@@H]1O. The molecule has 2 aromatic carbocycles. The van der Waals surface area contributed by atoms with Crippen molar-refractivity contribution in [3.8, 4) is 0 Å². The van der Waals surface area contributed by atoms with Crippen molar-refractivity contribution in [3.63, 3.8) is 0 Å². The largest absolute Gasteiger partial charge is 0.394 e. The zero-order valence-corrected chi connectivity index (χ0v) is 18.0. The summed E-state index contributed by atoms with van der Waals surface area (Å²) in [6, 6.07) is 10.9. The minimum absolute atomic E-state index is 0.230. The lowest BCUT2D eigenvalue weighted by Crippen LogP contribution is -2.56. The van der Waals surface area contributed by atoms with Gasteiger partial charge >= 0.3 is 0 Å². The highest BCUT2D eigenvalue weighted by molar-refractivity contribution is 6.35. The highest BCUT2D eigenvalue weighted by atomic mass is 35.5. The maximum atomic E-state index is 14.3. The van der Waals surface area contributed by atoms with Gasteiger partial charge in [-0.05, 0) is 54.0 Å². The molecule has 1 saturated heterocycles. The number of hydrogen-bond donors (Lipinski definition) is 4. The number of benzene rings is 2. The number of fused-ring (bicyclic) bond motifs is 1. The van der Waals surface area contributed by atoms with E-state index >= 15 is 0 Å². The van der Waals surface area contributed by atoms with Crippen molar-refractivity contribution < 1.29 is 29.6 Å². The molecule has 2 aliphatic rings. The Morgan fingerprint density at radius 2 is 1.75 bits per heavy atom. The standard InChI is InChI=1S/C24H25ClFNO5/c25-17-8-16(26)9-18-20(17)15(7-12-1-3-13(4-2-12)14-5-6-14)10-27(18)24-23(31)22(30)21(29)19(11-28)32-24/h1-4,8-10,14,19,21-24,28-31H,5-7,11H2/t19-,21-,22+,23-,24-/m1/s1. The Bertz CT molecular complexity index is 1130. The summed E-state index contributed by atoms with van der Waals surface area (Å²) in [5.74, 6) is 0.112. The van der Waals surface area contributed by atoms with Crippen molar-refractivity contribution in [2.24, 2.45) is 0 Å². The summed E-state index contributed by atoms with van der Waals surface area (Å²) in [6.45, 7) is -0.546. The molecule has 170 valence electrons. The summed E-state index contributed by atoms with van der Waals surface area (Å²) in [4.78, 5) is 0. The molecule has 4 N–H and O–H groups in total. The van der Waals surface area contributed by atoms with Crippen molar-refractivity contribution in [1.29, 1.82) is 0 Å². The molecule has 8 heteroatoms. The zero-order valence-electron chi connectivity index (χ0n) is 17.2. The first kappa shape index (κ1) is 21.8.